The molecule has 4 nitrogen and oxygen atoms in total. The molecule has 0 aromatic heterocycles. The minimum absolute atomic E-state index is 0.479. The first-order valence-electron chi connectivity index (χ1n) is 2.58. The first-order chi connectivity index (χ1) is 4.93. The highest BCUT2D eigenvalue weighted by Gasteiger charge is 1.81. The second-order valence-corrected chi connectivity index (χ2v) is 1.43. The number of hydrogen-bond donors (Lipinski definition) is 2. The lowest BCUT2D eigenvalue weighted by atomic mass is 10.3. The van der Waals surface area contributed by atoms with Crippen LogP contribution < -0.4 is 5.90 Å². The van der Waals surface area contributed by atoms with Crippen molar-refractivity contribution in [2.24, 2.45) is 11.1 Å². The lowest BCUT2D eigenvalue weighted by Crippen LogP contribution is -1.72. The molecule has 54 valence electrons. The maximum absolute atomic E-state index is 9.76. The first kappa shape index (κ1) is 8.74. The van der Waals surface area contributed by atoms with Gasteiger partial charge in [-0.3, -0.25) is 0 Å². The molecule has 3 N–H and O–H groups in total. The van der Waals surface area contributed by atoms with Crippen molar-refractivity contribution in [3.05, 3.63) is 35.2 Å². The van der Waals surface area contributed by atoms with Crippen LogP contribution in [0.15, 0.2) is 35.5 Å². The van der Waals surface area contributed by atoms with Gasteiger partial charge in [-0.25, -0.2) is 5.90 Å². The molecule has 0 unspecified atom stereocenters. The third-order valence-electron chi connectivity index (χ3n) is 0.862. The van der Waals surface area contributed by atoms with Crippen LogP contribution in [0.3, 0.4) is 0 Å². The monoisotopic (exact) mass is 140 g/mol. The van der Waals surface area contributed by atoms with E-state index >= 15 is 0 Å². The Labute approximate surface area is 58.2 Å². The van der Waals surface area contributed by atoms with Crippen molar-refractivity contribution in [2.45, 2.75) is 0 Å². The lowest BCUT2D eigenvalue weighted by molar-refractivity contribution is 0.311. The molecule has 10 heavy (non-hydrogen) atoms. The summed E-state index contributed by atoms with van der Waals surface area (Å²) in [6.45, 7) is 0. The lowest BCUT2D eigenvalue weighted by Gasteiger charge is -1.80. The average molecular weight is 140 g/mol. The van der Waals surface area contributed by atoms with E-state index in [1.54, 1.807) is 24.3 Å². The summed E-state index contributed by atoms with van der Waals surface area (Å²) in [5.74, 6) is 3.50. The van der Waals surface area contributed by atoms with Crippen LogP contribution in [-0.4, -0.2) is 5.21 Å². The van der Waals surface area contributed by atoms with Gasteiger partial charge in [-0.1, -0.05) is 18.2 Å². The van der Waals surface area contributed by atoms with Gasteiger partial charge in [0.2, 0.25) is 0 Å². The van der Waals surface area contributed by atoms with E-state index in [-0.39, 0.29) is 0 Å². The zero-order valence-corrected chi connectivity index (χ0v) is 5.27. The molecule has 0 spiro atoms. The van der Waals surface area contributed by atoms with Crippen LogP contribution >= 0.6 is 0 Å². The van der Waals surface area contributed by atoms with Gasteiger partial charge in [-0.15, -0.1) is 4.91 Å². The molecule has 0 atom stereocenters. The quantitative estimate of drug-likeness (QED) is 0.457. The van der Waals surface area contributed by atoms with Crippen LogP contribution in [0, 0.1) is 4.91 Å². The van der Waals surface area contributed by atoms with Crippen molar-refractivity contribution >= 4 is 5.69 Å². The highest BCUT2D eigenvalue weighted by atomic mass is 16.4. The standard InChI is InChI=1S/C6H5NO.H3NO/c8-7-6-4-2-1-3-5-6;1-2/h1-5H;2H,1H2. The Morgan fingerprint density at radius 1 is 1.20 bits per heavy atom. The van der Waals surface area contributed by atoms with E-state index in [0.29, 0.717) is 5.69 Å². The summed E-state index contributed by atoms with van der Waals surface area (Å²) in [6, 6.07) is 8.71. The van der Waals surface area contributed by atoms with Crippen molar-refractivity contribution in [1.29, 1.82) is 0 Å². The van der Waals surface area contributed by atoms with Gasteiger partial charge in [-0.2, -0.15) is 0 Å². The number of benzene rings is 1. The first-order valence-corrected chi connectivity index (χ1v) is 2.58. The normalized spacial score (nSPS) is 7.40. The Morgan fingerprint density at radius 2 is 1.70 bits per heavy atom. The van der Waals surface area contributed by atoms with Crippen molar-refractivity contribution in [3.8, 4) is 0 Å². The van der Waals surface area contributed by atoms with E-state index in [1.165, 1.54) is 0 Å². The number of nitrogens with zero attached hydrogens (tertiary/aromatic N) is 1. The van der Waals surface area contributed by atoms with Crippen molar-refractivity contribution in [1.82, 2.24) is 0 Å². The molecule has 0 amide bonds. The summed E-state index contributed by atoms with van der Waals surface area (Å²) in [6.07, 6.45) is 0. The van der Waals surface area contributed by atoms with Crippen molar-refractivity contribution in [2.75, 3.05) is 0 Å². The van der Waals surface area contributed by atoms with Gasteiger partial charge >= 0.3 is 0 Å². The second kappa shape index (κ2) is 5.87. The number of hydrogen-bond acceptors (Lipinski definition) is 4. The Balaban J connectivity index is 0.000000371. The van der Waals surface area contributed by atoms with Crippen molar-refractivity contribution in [3.63, 3.8) is 0 Å². The molecular formula is C6H8N2O2. The van der Waals surface area contributed by atoms with E-state index in [9.17, 15) is 4.91 Å². The van der Waals surface area contributed by atoms with E-state index in [1.807, 2.05) is 6.07 Å². The Bertz CT molecular complexity index is 176. The SMILES string of the molecule is NO.O=Nc1ccccc1. The molecule has 1 aromatic rings. The summed E-state index contributed by atoms with van der Waals surface area (Å²) in [5, 5.41) is 9.22. The summed E-state index contributed by atoms with van der Waals surface area (Å²) in [7, 11) is 0. The summed E-state index contributed by atoms with van der Waals surface area (Å²) in [5.41, 5.74) is 0.479. The van der Waals surface area contributed by atoms with Crippen LogP contribution in [0.1, 0.15) is 0 Å². The fourth-order valence-electron chi connectivity index (χ4n) is 0.489. The smallest absolute Gasteiger partial charge is 0.107 e. The average Bonchev–Trinajstić information content (AvgIpc) is 2.10. The fourth-order valence-corrected chi connectivity index (χ4v) is 0.489. The topological polar surface area (TPSA) is 75.7 Å². The van der Waals surface area contributed by atoms with Crippen LogP contribution in [0.2, 0.25) is 0 Å². The highest BCUT2D eigenvalue weighted by Crippen LogP contribution is 2.07. The molecule has 0 aliphatic rings. The summed E-state index contributed by atoms with van der Waals surface area (Å²) in [4.78, 5) is 9.76. The molecule has 0 aliphatic carbocycles. The van der Waals surface area contributed by atoms with Crippen LogP contribution in [0.5, 0.6) is 0 Å². The molecule has 4 heteroatoms. The fraction of sp³-hybridized carbons (Fsp3) is 0. The predicted molar refractivity (Wildman–Crippen MR) is 37.9 cm³/mol. The van der Waals surface area contributed by atoms with Gasteiger partial charge in [0.25, 0.3) is 0 Å². The molecule has 1 rings (SSSR count). The Kier molecular flexibility index (Phi) is 5.13. The molecule has 0 fully saturated rings. The zero-order valence-electron chi connectivity index (χ0n) is 5.27. The molecule has 0 heterocycles. The maximum Gasteiger partial charge on any atom is 0.107 e. The van der Waals surface area contributed by atoms with Gasteiger partial charge < -0.3 is 5.21 Å². The van der Waals surface area contributed by atoms with Crippen molar-refractivity contribution < 1.29 is 5.21 Å². The van der Waals surface area contributed by atoms with Crippen LogP contribution in [0.25, 0.3) is 0 Å². The van der Waals surface area contributed by atoms with Gasteiger partial charge in [-0.05, 0) is 17.3 Å². The van der Waals surface area contributed by atoms with Gasteiger partial charge in [0.15, 0.2) is 0 Å². The second-order valence-electron chi connectivity index (χ2n) is 1.43. The number of nitroso groups, excluding NO2 is 1. The molecule has 0 bridgehead atoms. The van der Waals surface area contributed by atoms with Gasteiger partial charge in [0, 0.05) is 0 Å². The van der Waals surface area contributed by atoms with Gasteiger partial charge in [0.1, 0.15) is 5.69 Å². The Hall–Kier alpha value is -1.26. The molecule has 1 aromatic carbocycles. The Morgan fingerprint density at radius 3 is 2.00 bits per heavy atom. The third kappa shape index (κ3) is 2.91. The van der Waals surface area contributed by atoms with E-state index in [0.717, 1.165) is 0 Å². The molecule has 0 aliphatic heterocycles. The third-order valence-corrected chi connectivity index (χ3v) is 0.862. The molecule has 0 radical (unpaired) electrons. The highest BCUT2D eigenvalue weighted by molar-refractivity contribution is 5.34. The predicted octanol–water partition coefficient (Wildman–Crippen LogP) is 1.42. The minimum atomic E-state index is 0.479. The largest absolute Gasteiger partial charge is 0.320 e. The molecule has 0 saturated carbocycles. The van der Waals surface area contributed by atoms with Gasteiger partial charge in [0.05, 0.1) is 0 Å². The van der Waals surface area contributed by atoms with Crippen LogP contribution in [-0.2, 0) is 0 Å². The van der Waals surface area contributed by atoms with Crippen LogP contribution in [0.4, 0.5) is 5.69 Å². The summed E-state index contributed by atoms with van der Waals surface area (Å²) < 4.78 is 0. The van der Waals surface area contributed by atoms with E-state index in [2.05, 4.69) is 11.1 Å². The number of nitrogens with two attached hydrogens (primary N) is 1. The minimum Gasteiger partial charge on any atom is -0.320 e. The van der Waals surface area contributed by atoms with E-state index in [4.69, 9.17) is 5.21 Å². The maximum atomic E-state index is 9.76. The molecule has 0 saturated heterocycles. The zero-order chi connectivity index (χ0) is 7.82. The molecular weight excluding hydrogens is 132 g/mol. The van der Waals surface area contributed by atoms with E-state index < -0.39 is 0 Å². The summed E-state index contributed by atoms with van der Waals surface area (Å²) >= 11 is 0. The number of rotatable bonds is 1.